The smallest absolute Gasteiger partial charge is 0.237 e. The lowest BCUT2D eigenvalue weighted by molar-refractivity contribution is -0.123. The first-order valence-corrected chi connectivity index (χ1v) is 7.21. The van der Waals surface area contributed by atoms with Crippen LogP contribution in [0.2, 0.25) is 5.02 Å². The summed E-state index contributed by atoms with van der Waals surface area (Å²) in [7, 11) is 0. The van der Waals surface area contributed by atoms with Gasteiger partial charge in [0.15, 0.2) is 0 Å². The Labute approximate surface area is 125 Å². The van der Waals surface area contributed by atoms with Gasteiger partial charge in [-0.1, -0.05) is 31.5 Å². The number of hydrogen-bond donors (Lipinski definition) is 2. The molecule has 2 atom stereocenters. The average molecular weight is 299 g/mol. The summed E-state index contributed by atoms with van der Waals surface area (Å²) in [5.41, 5.74) is 5.81. The number of benzene rings is 1. The van der Waals surface area contributed by atoms with E-state index in [2.05, 4.69) is 5.32 Å². The molecule has 1 unspecified atom stereocenters. The second-order valence-corrected chi connectivity index (χ2v) is 5.80. The van der Waals surface area contributed by atoms with Gasteiger partial charge in [-0.3, -0.25) is 4.79 Å². The number of carbonyl (C=O) groups is 1. The molecule has 3 N–H and O–H groups in total. The summed E-state index contributed by atoms with van der Waals surface area (Å²) in [5.74, 6) is 0.946. The number of carbonyl (C=O) groups excluding carboxylic acids is 1. The SMILES string of the molecule is CC(C)C[C@H](N)C(=O)NCC(C)Oc1cccc(Cl)c1. The molecule has 1 amide bonds. The Kier molecular flexibility index (Phi) is 6.82. The Hall–Kier alpha value is -1.26. The van der Waals surface area contributed by atoms with Gasteiger partial charge in [-0.2, -0.15) is 0 Å². The van der Waals surface area contributed by atoms with E-state index in [-0.39, 0.29) is 12.0 Å². The highest BCUT2D eigenvalue weighted by atomic mass is 35.5. The molecule has 4 nitrogen and oxygen atoms in total. The Bertz CT molecular complexity index is 438. The van der Waals surface area contributed by atoms with Crippen molar-refractivity contribution in [1.29, 1.82) is 0 Å². The van der Waals surface area contributed by atoms with Crippen molar-refractivity contribution in [2.45, 2.75) is 39.3 Å². The van der Waals surface area contributed by atoms with Gasteiger partial charge in [-0.15, -0.1) is 0 Å². The summed E-state index contributed by atoms with van der Waals surface area (Å²) in [6.45, 7) is 6.38. The van der Waals surface area contributed by atoms with Crippen LogP contribution >= 0.6 is 11.6 Å². The van der Waals surface area contributed by atoms with E-state index >= 15 is 0 Å². The van der Waals surface area contributed by atoms with Crippen LogP contribution in [0.15, 0.2) is 24.3 Å². The fraction of sp³-hybridized carbons (Fsp3) is 0.533. The van der Waals surface area contributed by atoms with E-state index in [9.17, 15) is 4.79 Å². The zero-order chi connectivity index (χ0) is 15.1. The van der Waals surface area contributed by atoms with E-state index in [0.717, 1.165) is 0 Å². The molecule has 0 saturated heterocycles. The number of nitrogens with one attached hydrogen (secondary N) is 1. The van der Waals surface area contributed by atoms with Crippen LogP contribution in [0.25, 0.3) is 0 Å². The molecular formula is C15H23ClN2O2. The van der Waals surface area contributed by atoms with Crippen LogP contribution in [-0.4, -0.2) is 24.6 Å². The molecule has 1 aromatic carbocycles. The molecule has 20 heavy (non-hydrogen) atoms. The van der Waals surface area contributed by atoms with Crippen molar-refractivity contribution in [3.63, 3.8) is 0 Å². The number of nitrogens with two attached hydrogens (primary N) is 1. The topological polar surface area (TPSA) is 64.4 Å². The fourth-order valence-corrected chi connectivity index (χ4v) is 1.98. The predicted molar refractivity (Wildman–Crippen MR) is 82.0 cm³/mol. The largest absolute Gasteiger partial charge is 0.489 e. The first-order valence-electron chi connectivity index (χ1n) is 6.84. The van der Waals surface area contributed by atoms with Crippen molar-refractivity contribution in [3.05, 3.63) is 29.3 Å². The Balaban J connectivity index is 2.36. The second kappa shape index (κ2) is 8.12. The first kappa shape index (κ1) is 16.8. The monoisotopic (exact) mass is 298 g/mol. The maximum atomic E-state index is 11.8. The van der Waals surface area contributed by atoms with Crippen LogP contribution in [0, 0.1) is 5.92 Å². The molecule has 0 aliphatic rings. The quantitative estimate of drug-likeness (QED) is 0.813. The number of hydrogen-bond acceptors (Lipinski definition) is 3. The zero-order valence-electron chi connectivity index (χ0n) is 12.2. The maximum absolute atomic E-state index is 11.8. The Morgan fingerprint density at radius 2 is 2.10 bits per heavy atom. The molecule has 0 spiro atoms. The third-order valence-corrected chi connectivity index (χ3v) is 2.99. The lowest BCUT2D eigenvalue weighted by atomic mass is 10.0. The fourth-order valence-electron chi connectivity index (χ4n) is 1.80. The van der Waals surface area contributed by atoms with Crippen LogP contribution in [0.3, 0.4) is 0 Å². The van der Waals surface area contributed by atoms with Crippen LogP contribution in [-0.2, 0) is 4.79 Å². The average Bonchev–Trinajstić information content (AvgIpc) is 2.35. The molecule has 5 heteroatoms. The molecule has 1 aromatic rings. The number of ether oxygens (including phenoxy) is 1. The maximum Gasteiger partial charge on any atom is 0.237 e. The number of amides is 1. The minimum absolute atomic E-state index is 0.139. The molecule has 112 valence electrons. The van der Waals surface area contributed by atoms with Crippen molar-refractivity contribution in [2.24, 2.45) is 11.7 Å². The van der Waals surface area contributed by atoms with Gasteiger partial charge in [0.2, 0.25) is 5.91 Å². The highest BCUT2D eigenvalue weighted by Gasteiger charge is 2.15. The normalized spacial score (nSPS) is 13.9. The first-order chi connectivity index (χ1) is 9.38. The Morgan fingerprint density at radius 1 is 1.40 bits per heavy atom. The summed E-state index contributed by atoms with van der Waals surface area (Å²) in [5, 5.41) is 3.42. The van der Waals surface area contributed by atoms with Gasteiger partial charge in [-0.25, -0.2) is 0 Å². The van der Waals surface area contributed by atoms with Gasteiger partial charge in [0.05, 0.1) is 12.6 Å². The van der Waals surface area contributed by atoms with Gasteiger partial charge in [0, 0.05) is 5.02 Å². The molecule has 0 aliphatic carbocycles. The summed E-state index contributed by atoms with van der Waals surface area (Å²) in [4.78, 5) is 11.8. The van der Waals surface area contributed by atoms with Crippen molar-refractivity contribution < 1.29 is 9.53 Å². The molecule has 0 heterocycles. The van der Waals surface area contributed by atoms with Crippen molar-refractivity contribution in [1.82, 2.24) is 5.32 Å². The number of halogens is 1. The minimum atomic E-state index is -0.464. The van der Waals surface area contributed by atoms with E-state index in [1.807, 2.05) is 32.9 Å². The lowest BCUT2D eigenvalue weighted by Gasteiger charge is -2.18. The summed E-state index contributed by atoms with van der Waals surface area (Å²) >= 11 is 5.88. The van der Waals surface area contributed by atoms with Crippen LogP contribution < -0.4 is 15.8 Å². The van der Waals surface area contributed by atoms with Gasteiger partial charge in [-0.05, 0) is 37.5 Å². The minimum Gasteiger partial charge on any atom is -0.489 e. The van der Waals surface area contributed by atoms with Gasteiger partial charge in [0.1, 0.15) is 11.9 Å². The van der Waals surface area contributed by atoms with Gasteiger partial charge in [0.25, 0.3) is 0 Å². The highest BCUT2D eigenvalue weighted by Crippen LogP contribution is 2.18. The van der Waals surface area contributed by atoms with E-state index in [0.29, 0.717) is 29.7 Å². The molecule has 0 radical (unpaired) electrons. The van der Waals surface area contributed by atoms with E-state index in [1.165, 1.54) is 0 Å². The summed E-state index contributed by atoms with van der Waals surface area (Å²) in [6.07, 6.45) is 0.527. The molecule has 0 aromatic heterocycles. The Morgan fingerprint density at radius 3 is 2.70 bits per heavy atom. The molecule has 0 aliphatic heterocycles. The third-order valence-electron chi connectivity index (χ3n) is 2.76. The zero-order valence-corrected chi connectivity index (χ0v) is 13.0. The molecule has 0 fully saturated rings. The molecule has 0 saturated carbocycles. The van der Waals surface area contributed by atoms with Crippen LogP contribution in [0.1, 0.15) is 27.2 Å². The van der Waals surface area contributed by atoms with E-state index < -0.39 is 6.04 Å². The highest BCUT2D eigenvalue weighted by molar-refractivity contribution is 6.30. The van der Waals surface area contributed by atoms with Crippen LogP contribution in [0.4, 0.5) is 0 Å². The van der Waals surface area contributed by atoms with E-state index in [4.69, 9.17) is 22.1 Å². The van der Waals surface area contributed by atoms with Crippen molar-refractivity contribution >= 4 is 17.5 Å². The lowest BCUT2D eigenvalue weighted by Crippen LogP contribution is -2.44. The summed E-state index contributed by atoms with van der Waals surface area (Å²) in [6, 6.07) is 6.71. The predicted octanol–water partition coefficient (Wildman–Crippen LogP) is 2.60. The standard InChI is InChI=1S/C15H23ClN2O2/c1-10(2)7-14(17)15(19)18-9-11(3)20-13-6-4-5-12(16)8-13/h4-6,8,10-11,14H,7,9,17H2,1-3H3,(H,18,19)/t11?,14-/m0/s1. The molecular weight excluding hydrogens is 276 g/mol. The van der Waals surface area contributed by atoms with Crippen molar-refractivity contribution in [2.75, 3.05) is 6.54 Å². The summed E-state index contributed by atoms with van der Waals surface area (Å²) < 4.78 is 5.67. The van der Waals surface area contributed by atoms with Crippen molar-refractivity contribution in [3.8, 4) is 5.75 Å². The van der Waals surface area contributed by atoms with E-state index in [1.54, 1.807) is 12.1 Å². The molecule has 0 bridgehead atoms. The number of rotatable bonds is 7. The second-order valence-electron chi connectivity index (χ2n) is 5.37. The van der Waals surface area contributed by atoms with Crippen LogP contribution in [0.5, 0.6) is 5.75 Å². The van der Waals surface area contributed by atoms with Gasteiger partial charge >= 0.3 is 0 Å². The third kappa shape index (κ3) is 6.26. The van der Waals surface area contributed by atoms with Gasteiger partial charge < -0.3 is 15.8 Å². The molecule has 1 rings (SSSR count).